The highest BCUT2D eigenvalue weighted by Crippen LogP contribution is 2.23. The average Bonchev–Trinajstić information content (AvgIpc) is 3.46. The molecule has 0 radical (unpaired) electrons. The van der Waals surface area contributed by atoms with Crippen molar-refractivity contribution in [2.24, 2.45) is 5.92 Å². The van der Waals surface area contributed by atoms with E-state index in [-0.39, 0.29) is 12.1 Å². The number of carboxylic acid groups (broad SMARTS) is 1. The molecular formula is C22H24N8O3. The van der Waals surface area contributed by atoms with Crippen LogP contribution in [0.4, 0.5) is 11.6 Å². The average molecular weight is 448 g/mol. The molecule has 1 amide bonds. The fourth-order valence-corrected chi connectivity index (χ4v) is 3.83. The minimum absolute atomic E-state index is 0. The van der Waals surface area contributed by atoms with E-state index in [1.807, 2.05) is 29.2 Å². The maximum absolute atomic E-state index is 12.6. The summed E-state index contributed by atoms with van der Waals surface area (Å²) < 4.78 is 0. The lowest BCUT2D eigenvalue weighted by atomic mass is 9.97. The molecule has 170 valence electrons. The van der Waals surface area contributed by atoms with Crippen LogP contribution >= 0.6 is 0 Å². The zero-order valence-electron chi connectivity index (χ0n) is 18.0. The minimum atomic E-state index is -0.994. The molecule has 1 aromatic carbocycles. The summed E-state index contributed by atoms with van der Waals surface area (Å²) in [5.41, 5.74) is 2.81. The Morgan fingerprint density at radius 2 is 1.91 bits per heavy atom. The number of fused-ring (bicyclic) bond motifs is 1. The van der Waals surface area contributed by atoms with Crippen LogP contribution in [0.3, 0.4) is 0 Å². The second-order valence-electron chi connectivity index (χ2n) is 7.71. The highest BCUT2D eigenvalue weighted by atomic mass is 16.4. The van der Waals surface area contributed by atoms with Crippen molar-refractivity contribution in [3.05, 3.63) is 54.2 Å². The first-order valence-corrected chi connectivity index (χ1v) is 10.3. The molecule has 11 nitrogen and oxygen atoms in total. The Hall–Kier alpha value is -4.25. The second-order valence-corrected chi connectivity index (χ2v) is 7.71. The number of rotatable bonds is 5. The normalized spacial score (nSPS) is 14.1. The number of anilines is 2. The van der Waals surface area contributed by atoms with Crippen molar-refractivity contribution in [1.29, 1.82) is 0 Å². The van der Waals surface area contributed by atoms with Crippen molar-refractivity contribution in [2.75, 3.05) is 23.3 Å². The van der Waals surface area contributed by atoms with Gasteiger partial charge in [-0.3, -0.25) is 9.89 Å². The first kappa shape index (κ1) is 22.0. The Balaban J connectivity index is 0.00000259. The minimum Gasteiger partial charge on any atom is -0.550 e. The van der Waals surface area contributed by atoms with Crippen LogP contribution in [0.1, 0.15) is 23.2 Å². The quantitative estimate of drug-likeness (QED) is 0.360. The number of nitrogens with zero attached hydrogens (tertiary/aromatic N) is 4. The van der Waals surface area contributed by atoms with Gasteiger partial charge in [-0.25, -0.2) is 9.97 Å². The number of hydrogen-bond acceptors (Lipinski definition) is 7. The van der Waals surface area contributed by atoms with E-state index < -0.39 is 11.9 Å². The molecule has 1 aliphatic heterocycles. The Morgan fingerprint density at radius 1 is 1.12 bits per heavy atom. The molecule has 0 aliphatic carbocycles. The van der Waals surface area contributed by atoms with Crippen molar-refractivity contribution in [1.82, 2.24) is 31.3 Å². The molecule has 1 fully saturated rings. The van der Waals surface area contributed by atoms with Crippen molar-refractivity contribution >= 4 is 34.5 Å². The summed E-state index contributed by atoms with van der Waals surface area (Å²) in [4.78, 5) is 37.7. The molecule has 7 N–H and O–H groups in total. The van der Waals surface area contributed by atoms with Crippen LogP contribution in [0.25, 0.3) is 22.6 Å². The third kappa shape index (κ3) is 4.53. The third-order valence-corrected chi connectivity index (χ3v) is 5.63. The van der Waals surface area contributed by atoms with Gasteiger partial charge >= 0.3 is 0 Å². The van der Waals surface area contributed by atoms with Crippen LogP contribution < -0.4 is 21.5 Å². The zero-order valence-corrected chi connectivity index (χ0v) is 18.0. The smallest absolute Gasteiger partial charge is 0.258 e. The summed E-state index contributed by atoms with van der Waals surface area (Å²) in [6, 6.07) is 12.9. The lowest BCUT2D eigenvalue weighted by molar-refractivity contribution is -0.312. The molecule has 11 heteroatoms. The topological polar surface area (TPSA) is 179 Å². The number of quaternary nitrogens is 1. The third-order valence-electron chi connectivity index (χ3n) is 5.63. The van der Waals surface area contributed by atoms with Crippen molar-refractivity contribution in [3.8, 4) is 11.5 Å². The van der Waals surface area contributed by atoms with Gasteiger partial charge in [0.1, 0.15) is 11.5 Å². The summed E-state index contributed by atoms with van der Waals surface area (Å²) in [6.07, 6.45) is 2.56. The lowest BCUT2D eigenvalue weighted by Crippen LogP contribution is -2.41. The monoisotopic (exact) mass is 448 g/mol. The molecular weight excluding hydrogens is 424 g/mol. The fourth-order valence-electron chi connectivity index (χ4n) is 3.83. The van der Waals surface area contributed by atoms with Gasteiger partial charge < -0.3 is 31.3 Å². The molecule has 4 aromatic rings. The van der Waals surface area contributed by atoms with Gasteiger partial charge in [0.15, 0.2) is 11.6 Å². The number of aliphatic carboxylic acids is 1. The first-order chi connectivity index (χ1) is 15.6. The Labute approximate surface area is 188 Å². The van der Waals surface area contributed by atoms with E-state index in [2.05, 4.69) is 30.5 Å². The van der Waals surface area contributed by atoms with E-state index in [1.165, 1.54) is 6.20 Å². The molecule has 0 saturated carbocycles. The largest absolute Gasteiger partial charge is 0.550 e. The number of aromatic nitrogens is 5. The van der Waals surface area contributed by atoms with Gasteiger partial charge in [0, 0.05) is 37.2 Å². The van der Waals surface area contributed by atoms with Crippen molar-refractivity contribution < 1.29 is 14.7 Å². The number of para-hydroxylation sites is 2. The van der Waals surface area contributed by atoms with E-state index in [9.17, 15) is 14.7 Å². The number of aromatic amines is 2. The zero-order chi connectivity index (χ0) is 22.1. The maximum Gasteiger partial charge on any atom is 0.258 e. The van der Waals surface area contributed by atoms with Gasteiger partial charge in [0.2, 0.25) is 0 Å². The van der Waals surface area contributed by atoms with Crippen LogP contribution in [-0.4, -0.2) is 50.1 Å². The molecule has 0 bridgehead atoms. The number of carbonyl (C=O) groups is 2. The van der Waals surface area contributed by atoms with Gasteiger partial charge in [-0.1, -0.05) is 12.1 Å². The fraction of sp³-hybridized carbons (Fsp3) is 0.227. The molecule has 0 unspecified atom stereocenters. The SMILES string of the molecule is O=C(Nc1cc(-c2nc3ccccc3[nH]2)[nH]n1)c1ccc(N2CCC(C(=O)[O-])CC2)nc1.[NH4+]. The Bertz CT molecular complexity index is 1240. The first-order valence-electron chi connectivity index (χ1n) is 10.3. The molecule has 3 aromatic heterocycles. The highest BCUT2D eigenvalue weighted by molar-refractivity contribution is 6.03. The molecule has 0 atom stereocenters. The van der Waals surface area contributed by atoms with E-state index in [0.29, 0.717) is 54.6 Å². The van der Waals surface area contributed by atoms with Crippen LogP contribution in [0.15, 0.2) is 48.7 Å². The number of hydrogen-bond donors (Lipinski definition) is 4. The standard InChI is InChI=1S/C22H21N7O3.H3N/c30-21(14-5-6-19(23-12-14)29-9-7-13(8-10-29)22(31)32)26-18-11-17(27-28-18)20-24-15-3-1-2-4-16(15)25-20;/h1-6,11-13H,7-10H2,(H,24,25)(H,31,32)(H2,26,27,28,30);1H3. The molecule has 1 aliphatic rings. The predicted molar refractivity (Wildman–Crippen MR) is 122 cm³/mol. The number of piperidine rings is 1. The number of imidazole rings is 1. The molecule has 5 rings (SSSR count). The van der Waals surface area contributed by atoms with Crippen LogP contribution in [0.5, 0.6) is 0 Å². The molecule has 33 heavy (non-hydrogen) atoms. The second kappa shape index (κ2) is 9.09. The van der Waals surface area contributed by atoms with Crippen molar-refractivity contribution in [2.45, 2.75) is 12.8 Å². The maximum atomic E-state index is 12.6. The summed E-state index contributed by atoms with van der Waals surface area (Å²) in [6.45, 7) is 1.18. The molecule has 0 spiro atoms. The number of H-pyrrole nitrogens is 2. The Morgan fingerprint density at radius 3 is 2.61 bits per heavy atom. The van der Waals surface area contributed by atoms with Crippen molar-refractivity contribution in [3.63, 3.8) is 0 Å². The Kier molecular flexibility index (Phi) is 6.05. The van der Waals surface area contributed by atoms with Gasteiger partial charge in [0.25, 0.3) is 5.91 Å². The number of carboxylic acids is 1. The summed E-state index contributed by atoms with van der Waals surface area (Å²) >= 11 is 0. The predicted octanol–water partition coefficient (Wildman–Crippen LogP) is 1.94. The van der Waals surface area contributed by atoms with Crippen LogP contribution in [-0.2, 0) is 4.79 Å². The van der Waals surface area contributed by atoms with E-state index in [0.717, 1.165) is 11.0 Å². The van der Waals surface area contributed by atoms with Gasteiger partial charge in [-0.2, -0.15) is 5.10 Å². The number of amides is 1. The summed E-state index contributed by atoms with van der Waals surface area (Å²) in [7, 11) is 0. The summed E-state index contributed by atoms with van der Waals surface area (Å²) in [5.74, 6) is -0.0136. The highest BCUT2D eigenvalue weighted by Gasteiger charge is 2.21. The van der Waals surface area contributed by atoms with E-state index >= 15 is 0 Å². The van der Waals surface area contributed by atoms with Gasteiger partial charge in [0.05, 0.1) is 16.6 Å². The number of nitrogens with one attached hydrogen (secondary N) is 3. The van der Waals surface area contributed by atoms with Gasteiger partial charge in [-0.05, 0) is 37.1 Å². The van der Waals surface area contributed by atoms with Crippen LogP contribution in [0, 0.1) is 5.92 Å². The van der Waals surface area contributed by atoms with E-state index in [1.54, 1.807) is 18.2 Å². The van der Waals surface area contributed by atoms with Gasteiger partial charge in [-0.15, -0.1) is 0 Å². The molecule has 1 saturated heterocycles. The lowest BCUT2D eigenvalue weighted by Gasteiger charge is -2.33. The number of carbonyl (C=O) groups excluding carboxylic acids is 2. The molecule has 4 heterocycles. The van der Waals surface area contributed by atoms with Crippen LogP contribution in [0.2, 0.25) is 0 Å². The van der Waals surface area contributed by atoms with E-state index in [4.69, 9.17) is 0 Å². The summed E-state index contributed by atoms with van der Waals surface area (Å²) in [5, 5.41) is 20.8. The number of pyridine rings is 1. The number of benzene rings is 1.